The minimum absolute atomic E-state index is 0.497. The SMILES string of the molecule is C[C@@H](O)c1cccnc1N(C)Cc1ccsc1. The van der Waals surface area contributed by atoms with Gasteiger partial charge in [-0.3, -0.25) is 0 Å². The Morgan fingerprint density at radius 2 is 2.29 bits per heavy atom. The van der Waals surface area contributed by atoms with Gasteiger partial charge in [0, 0.05) is 25.4 Å². The standard InChI is InChI=1S/C13H16N2OS/c1-10(16)12-4-3-6-14-13(12)15(2)8-11-5-7-17-9-11/h3-7,9-10,16H,8H2,1-2H3/t10-/m1/s1. The molecule has 0 aliphatic carbocycles. The number of aliphatic hydroxyl groups excluding tert-OH is 1. The van der Waals surface area contributed by atoms with Crippen molar-refractivity contribution < 1.29 is 5.11 Å². The van der Waals surface area contributed by atoms with Crippen molar-refractivity contribution >= 4 is 17.2 Å². The molecule has 0 unspecified atom stereocenters. The van der Waals surface area contributed by atoms with Crippen molar-refractivity contribution in [3.8, 4) is 0 Å². The van der Waals surface area contributed by atoms with Gasteiger partial charge in [0.15, 0.2) is 0 Å². The summed E-state index contributed by atoms with van der Waals surface area (Å²) in [6, 6.07) is 5.87. The molecule has 90 valence electrons. The van der Waals surface area contributed by atoms with Crippen LogP contribution in [0.4, 0.5) is 5.82 Å². The first-order valence-electron chi connectivity index (χ1n) is 5.53. The molecule has 4 heteroatoms. The second-order valence-electron chi connectivity index (χ2n) is 4.08. The predicted octanol–water partition coefficient (Wildman–Crippen LogP) is 2.83. The summed E-state index contributed by atoms with van der Waals surface area (Å²) >= 11 is 1.69. The minimum atomic E-state index is -0.497. The molecule has 0 saturated carbocycles. The van der Waals surface area contributed by atoms with Gasteiger partial charge in [0.05, 0.1) is 6.10 Å². The van der Waals surface area contributed by atoms with E-state index >= 15 is 0 Å². The molecular formula is C13H16N2OS. The number of hydrogen-bond donors (Lipinski definition) is 1. The zero-order chi connectivity index (χ0) is 12.3. The van der Waals surface area contributed by atoms with Crippen molar-refractivity contribution in [2.24, 2.45) is 0 Å². The lowest BCUT2D eigenvalue weighted by Gasteiger charge is -2.21. The Kier molecular flexibility index (Phi) is 3.76. The van der Waals surface area contributed by atoms with Crippen molar-refractivity contribution in [1.29, 1.82) is 0 Å². The molecule has 0 aliphatic heterocycles. The number of thiophene rings is 1. The Morgan fingerprint density at radius 3 is 2.94 bits per heavy atom. The van der Waals surface area contributed by atoms with E-state index in [1.807, 2.05) is 19.2 Å². The van der Waals surface area contributed by atoms with Gasteiger partial charge in [-0.25, -0.2) is 4.98 Å². The van der Waals surface area contributed by atoms with Crippen LogP contribution >= 0.6 is 11.3 Å². The van der Waals surface area contributed by atoms with E-state index in [1.54, 1.807) is 24.5 Å². The zero-order valence-electron chi connectivity index (χ0n) is 10.00. The summed E-state index contributed by atoms with van der Waals surface area (Å²) in [6.45, 7) is 2.57. The number of anilines is 1. The van der Waals surface area contributed by atoms with Crippen LogP contribution in [-0.4, -0.2) is 17.1 Å². The Morgan fingerprint density at radius 1 is 1.47 bits per heavy atom. The van der Waals surface area contributed by atoms with Crippen LogP contribution in [0.25, 0.3) is 0 Å². The van der Waals surface area contributed by atoms with Crippen LogP contribution < -0.4 is 4.90 Å². The van der Waals surface area contributed by atoms with E-state index in [2.05, 4.69) is 26.7 Å². The second kappa shape index (κ2) is 5.29. The van der Waals surface area contributed by atoms with Crippen molar-refractivity contribution in [1.82, 2.24) is 4.98 Å². The molecular weight excluding hydrogens is 232 g/mol. The second-order valence-corrected chi connectivity index (χ2v) is 4.86. The monoisotopic (exact) mass is 248 g/mol. The van der Waals surface area contributed by atoms with E-state index in [9.17, 15) is 5.11 Å². The van der Waals surface area contributed by atoms with Gasteiger partial charge in [-0.2, -0.15) is 11.3 Å². The molecule has 2 aromatic heterocycles. The largest absolute Gasteiger partial charge is 0.389 e. The zero-order valence-corrected chi connectivity index (χ0v) is 10.8. The first kappa shape index (κ1) is 12.1. The van der Waals surface area contributed by atoms with Crippen molar-refractivity contribution in [2.75, 3.05) is 11.9 Å². The maximum absolute atomic E-state index is 9.71. The van der Waals surface area contributed by atoms with Gasteiger partial charge in [-0.1, -0.05) is 6.07 Å². The fourth-order valence-electron chi connectivity index (χ4n) is 1.79. The lowest BCUT2D eigenvalue weighted by molar-refractivity contribution is 0.199. The molecule has 0 amide bonds. The average Bonchev–Trinajstić information content (AvgIpc) is 2.81. The molecule has 0 bridgehead atoms. The molecule has 0 fully saturated rings. The van der Waals surface area contributed by atoms with Crippen LogP contribution in [-0.2, 0) is 6.54 Å². The third-order valence-corrected chi connectivity index (χ3v) is 3.36. The molecule has 3 nitrogen and oxygen atoms in total. The number of hydrogen-bond acceptors (Lipinski definition) is 4. The number of aliphatic hydroxyl groups is 1. The molecule has 1 atom stereocenters. The molecule has 2 aromatic rings. The predicted molar refractivity (Wildman–Crippen MR) is 71.3 cm³/mol. The molecule has 1 N–H and O–H groups in total. The summed E-state index contributed by atoms with van der Waals surface area (Å²) in [6.07, 6.45) is 1.26. The highest BCUT2D eigenvalue weighted by Gasteiger charge is 2.12. The van der Waals surface area contributed by atoms with E-state index < -0.39 is 6.10 Å². The quantitative estimate of drug-likeness (QED) is 0.904. The van der Waals surface area contributed by atoms with Gasteiger partial charge in [0.1, 0.15) is 5.82 Å². The smallest absolute Gasteiger partial charge is 0.134 e. The van der Waals surface area contributed by atoms with Gasteiger partial charge >= 0.3 is 0 Å². The van der Waals surface area contributed by atoms with Crippen LogP contribution in [0, 0.1) is 0 Å². The van der Waals surface area contributed by atoms with Crippen molar-refractivity contribution in [3.63, 3.8) is 0 Å². The summed E-state index contributed by atoms with van der Waals surface area (Å²) in [5, 5.41) is 13.9. The van der Waals surface area contributed by atoms with Crippen LogP contribution in [0.15, 0.2) is 35.2 Å². The average molecular weight is 248 g/mol. The topological polar surface area (TPSA) is 36.4 Å². The molecule has 2 heterocycles. The van der Waals surface area contributed by atoms with Crippen molar-refractivity contribution in [3.05, 3.63) is 46.3 Å². The molecule has 2 rings (SSSR count). The summed E-state index contributed by atoms with van der Waals surface area (Å²) in [7, 11) is 1.99. The highest BCUT2D eigenvalue weighted by Crippen LogP contribution is 2.24. The van der Waals surface area contributed by atoms with Gasteiger partial charge in [0.2, 0.25) is 0 Å². The third kappa shape index (κ3) is 2.84. The molecule has 0 radical (unpaired) electrons. The normalized spacial score (nSPS) is 12.4. The van der Waals surface area contributed by atoms with E-state index in [-0.39, 0.29) is 0 Å². The minimum Gasteiger partial charge on any atom is -0.389 e. The van der Waals surface area contributed by atoms with Gasteiger partial charge in [-0.05, 0) is 35.4 Å². The highest BCUT2D eigenvalue weighted by atomic mass is 32.1. The van der Waals surface area contributed by atoms with Gasteiger partial charge in [-0.15, -0.1) is 0 Å². The fourth-order valence-corrected chi connectivity index (χ4v) is 2.45. The highest BCUT2D eigenvalue weighted by molar-refractivity contribution is 7.07. The van der Waals surface area contributed by atoms with Gasteiger partial charge < -0.3 is 10.0 Å². The molecule has 0 aromatic carbocycles. The third-order valence-electron chi connectivity index (χ3n) is 2.63. The number of aromatic nitrogens is 1. The summed E-state index contributed by atoms with van der Waals surface area (Å²) in [4.78, 5) is 6.41. The maximum Gasteiger partial charge on any atom is 0.134 e. The Bertz CT molecular complexity index is 468. The fraction of sp³-hybridized carbons (Fsp3) is 0.308. The Hall–Kier alpha value is -1.39. The van der Waals surface area contributed by atoms with Crippen LogP contribution in [0.1, 0.15) is 24.2 Å². The first-order chi connectivity index (χ1) is 8.18. The summed E-state index contributed by atoms with van der Waals surface area (Å²) in [5.41, 5.74) is 2.13. The van der Waals surface area contributed by atoms with Crippen LogP contribution in [0.2, 0.25) is 0 Å². The van der Waals surface area contributed by atoms with Crippen LogP contribution in [0.3, 0.4) is 0 Å². The lowest BCUT2D eigenvalue weighted by atomic mass is 10.1. The number of pyridine rings is 1. The summed E-state index contributed by atoms with van der Waals surface area (Å²) < 4.78 is 0. The molecule has 0 aliphatic rings. The van der Waals surface area contributed by atoms with E-state index in [0.717, 1.165) is 17.9 Å². The maximum atomic E-state index is 9.71. The van der Waals surface area contributed by atoms with Gasteiger partial charge in [0.25, 0.3) is 0 Å². The molecule has 0 saturated heterocycles. The van der Waals surface area contributed by atoms with E-state index in [0.29, 0.717) is 0 Å². The number of nitrogens with zero attached hydrogens (tertiary/aromatic N) is 2. The Labute approximate surface area is 105 Å². The molecule has 17 heavy (non-hydrogen) atoms. The van der Waals surface area contributed by atoms with Crippen LogP contribution in [0.5, 0.6) is 0 Å². The Balaban J connectivity index is 2.21. The van der Waals surface area contributed by atoms with Crippen molar-refractivity contribution in [2.45, 2.75) is 19.6 Å². The van der Waals surface area contributed by atoms with E-state index in [4.69, 9.17) is 0 Å². The summed E-state index contributed by atoms with van der Waals surface area (Å²) in [5.74, 6) is 0.841. The first-order valence-corrected chi connectivity index (χ1v) is 6.48. The van der Waals surface area contributed by atoms with E-state index in [1.165, 1.54) is 5.56 Å². The lowest BCUT2D eigenvalue weighted by Crippen LogP contribution is -2.19. The molecule has 0 spiro atoms. The number of rotatable bonds is 4.